The molecule has 0 spiro atoms. The maximum Gasteiger partial charge on any atom is 1.00 e. The van der Waals surface area contributed by atoms with E-state index in [1.54, 1.807) is 25.3 Å². The number of nitrogens with one attached hydrogen (secondary N) is 1. The third-order valence-corrected chi connectivity index (χ3v) is 4.82. The number of aryl methyl sites for hydroxylation is 1. The van der Waals surface area contributed by atoms with Gasteiger partial charge in [-0.1, -0.05) is 39.3 Å². The van der Waals surface area contributed by atoms with Gasteiger partial charge in [-0.15, -0.1) is 12.1 Å². The van der Waals surface area contributed by atoms with Crippen LogP contribution in [0.1, 0.15) is 55.7 Å². The van der Waals surface area contributed by atoms with Gasteiger partial charge in [-0.3, -0.25) is 22.8 Å². The van der Waals surface area contributed by atoms with E-state index in [2.05, 4.69) is 25.2 Å². The van der Waals surface area contributed by atoms with Crippen LogP contribution in [-0.4, -0.2) is 19.3 Å². The Morgan fingerprint density at radius 2 is 2.07 bits per heavy atom. The summed E-state index contributed by atoms with van der Waals surface area (Å²) in [5.74, 6) is 1.06. The third-order valence-electron chi connectivity index (χ3n) is 4.82. The maximum atomic E-state index is 12.2. The standard InChI is InChI=1S/C16H24NO2.C9H8O.K/c1-4-9-14(12-15(5-2)19-3)17-16(18)13-10-7-6-8-11-13;1-7-4-3-5-9(6-10)8(7)2;/h4,6,9,12-13H,1,5,7-8,10-11H2,2-3H3,(H,17,18);3-5H,2H2,1H3;/q-1;-2;+1/b14-9+,15-12+;;. The molecular formula is C25H32KNO3-2. The molecule has 0 aliphatic heterocycles. The first kappa shape index (κ1) is 28.9. The molecule has 0 bridgehead atoms. The topological polar surface area (TPSA) is 55.4 Å². The van der Waals surface area contributed by atoms with E-state index in [4.69, 9.17) is 4.74 Å². The fourth-order valence-corrected chi connectivity index (χ4v) is 2.96. The van der Waals surface area contributed by atoms with Crippen LogP contribution >= 0.6 is 0 Å². The van der Waals surface area contributed by atoms with Crippen molar-refractivity contribution in [3.8, 4) is 0 Å². The number of carbonyl (C=O) groups excluding carboxylic acids is 2. The Balaban J connectivity index is 0.000000646. The van der Waals surface area contributed by atoms with Crippen molar-refractivity contribution in [1.82, 2.24) is 5.32 Å². The Morgan fingerprint density at radius 1 is 1.40 bits per heavy atom. The summed E-state index contributed by atoms with van der Waals surface area (Å²) in [4.78, 5) is 22.4. The maximum absolute atomic E-state index is 12.2. The first-order valence-electron chi connectivity index (χ1n) is 9.96. The quantitative estimate of drug-likeness (QED) is 0.310. The molecule has 1 aliphatic carbocycles. The van der Waals surface area contributed by atoms with Gasteiger partial charge in [-0.2, -0.15) is 12.8 Å². The summed E-state index contributed by atoms with van der Waals surface area (Å²) >= 11 is 0. The van der Waals surface area contributed by atoms with Gasteiger partial charge < -0.3 is 21.3 Å². The molecule has 158 valence electrons. The van der Waals surface area contributed by atoms with E-state index in [0.29, 0.717) is 5.56 Å². The summed E-state index contributed by atoms with van der Waals surface area (Å²) in [6, 6.07) is 5.45. The molecule has 1 saturated carbocycles. The number of benzene rings is 1. The van der Waals surface area contributed by atoms with Crippen LogP contribution < -0.4 is 56.7 Å². The average molecular weight is 434 g/mol. The molecule has 0 saturated heterocycles. The smallest absolute Gasteiger partial charge is 0.501 e. The monoisotopic (exact) mass is 433 g/mol. The molecule has 1 aromatic carbocycles. The van der Waals surface area contributed by atoms with Crippen LogP contribution in [0.3, 0.4) is 0 Å². The van der Waals surface area contributed by atoms with E-state index in [1.807, 2.05) is 38.3 Å². The minimum absolute atomic E-state index is 0. The van der Waals surface area contributed by atoms with Gasteiger partial charge in [0.15, 0.2) is 0 Å². The van der Waals surface area contributed by atoms with Crippen molar-refractivity contribution in [2.24, 2.45) is 5.92 Å². The molecule has 4 nitrogen and oxygen atoms in total. The SMILES string of the molecule is C=C/C=C(\C=C(/CC)OC)NC(=O)C1CC[CH-]CC1.[CH2-]c1c(C)cccc1[C-]=O.[K+]. The third kappa shape index (κ3) is 10.3. The van der Waals surface area contributed by atoms with Crippen molar-refractivity contribution in [1.29, 1.82) is 0 Å². The Bertz CT molecular complexity index is 741. The molecule has 30 heavy (non-hydrogen) atoms. The first-order chi connectivity index (χ1) is 14.0. The molecule has 2 rings (SSSR count). The van der Waals surface area contributed by atoms with Crippen LogP contribution in [0.4, 0.5) is 0 Å². The van der Waals surface area contributed by atoms with Gasteiger partial charge in [-0.05, 0) is 18.4 Å². The Labute approximate surface area is 224 Å². The molecule has 5 heteroatoms. The number of carbonyl (C=O) groups is 1. The summed E-state index contributed by atoms with van der Waals surface area (Å²) < 4.78 is 5.23. The summed E-state index contributed by atoms with van der Waals surface area (Å²) in [6.45, 7) is 11.3. The second-order valence-electron chi connectivity index (χ2n) is 6.86. The van der Waals surface area contributed by atoms with Gasteiger partial charge in [0, 0.05) is 18.0 Å². The Hall–Kier alpha value is -1.11. The van der Waals surface area contributed by atoms with Crippen LogP contribution in [0.15, 0.2) is 54.5 Å². The number of hydrogen-bond acceptors (Lipinski definition) is 3. The van der Waals surface area contributed by atoms with Crippen molar-refractivity contribution in [3.63, 3.8) is 0 Å². The van der Waals surface area contributed by atoms with Gasteiger partial charge >= 0.3 is 51.4 Å². The van der Waals surface area contributed by atoms with Crippen LogP contribution in [0.5, 0.6) is 0 Å². The number of rotatable bonds is 7. The van der Waals surface area contributed by atoms with Crippen molar-refractivity contribution in [2.45, 2.75) is 46.0 Å². The van der Waals surface area contributed by atoms with Crippen LogP contribution in [0, 0.1) is 26.2 Å². The van der Waals surface area contributed by atoms with Crippen LogP contribution in [0.25, 0.3) is 0 Å². The average Bonchev–Trinajstić information content (AvgIpc) is 2.75. The zero-order valence-corrected chi connectivity index (χ0v) is 21.9. The molecule has 0 atom stereocenters. The summed E-state index contributed by atoms with van der Waals surface area (Å²) in [5, 5.41) is 2.97. The molecule has 0 radical (unpaired) electrons. The molecule has 0 heterocycles. The second kappa shape index (κ2) is 16.6. The van der Waals surface area contributed by atoms with E-state index >= 15 is 0 Å². The Kier molecular flexibility index (Phi) is 15.9. The van der Waals surface area contributed by atoms with Crippen LogP contribution in [0.2, 0.25) is 0 Å². The summed E-state index contributed by atoms with van der Waals surface area (Å²) in [7, 11) is 1.64. The van der Waals surface area contributed by atoms with Crippen LogP contribution in [-0.2, 0) is 14.3 Å². The zero-order valence-electron chi connectivity index (χ0n) is 18.8. The second-order valence-corrected chi connectivity index (χ2v) is 6.86. The molecule has 0 unspecified atom stereocenters. The summed E-state index contributed by atoms with van der Waals surface area (Å²) in [6.07, 6.45) is 14.1. The number of hydrogen-bond donors (Lipinski definition) is 1. The van der Waals surface area contributed by atoms with E-state index in [-0.39, 0.29) is 63.2 Å². The predicted octanol–water partition coefficient (Wildman–Crippen LogP) is 2.15. The van der Waals surface area contributed by atoms with Crippen molar-refractivity contribution < 1.29 is 65.7 Å². The molecule has 1 N–H and O–H groups in total. The summed E-state index contributed by atoms with van der Waals surface area (Å²) in [5.41, 5.74) is 3.10. The molecule has 1 aromatic rings. The van der Waals surface area contributed by atoms with E-state index < -0.39 is 0 Å². The van der Waals surface area contributed by atoms with Crippen molar-refractivity contribution >= 4 is 12.2 Å². The number of methoxy groups -OCH3 is 1. The van der Waals surface area contributed by atoms with Crippen molar-refractivity contribution in [3.05, 3.63) is 84.5 Å². The largest absolute Gasteiger partial charge is 1.00 e. The fraction of sp³-hybridized carbons (Fsp3) is 0.360. The van der Waals surface area contributed by atoms with Gasteiger partial charge in [0.05, 0.1) is 12.9 Å². The van der Waals surface area contributed by atoms with Crippen molar-refractivity contribution in [2.75, 3.05) is 7.11 Å². The number of ether oxygens (including phenoxy) is 1. The molecule has 1 aliphatic rings. The van der Waals surface area contributed by atoms with Gasteiger partial charge in [0.1, 0.15) is 0 Å². The zero-order chi connectivity index (χ0) is 21.6. The van der Waals surface area contributed by atoms with E-state index in [1.165, 1.54) is 0 Å². The minimum atomic E-state index is 0. The van der Waals surface area contributed by atoms with Gasteiger partial charge in [0.2, 0.25) is 5.91 Å². The van der Waals surface area contributed by atoms with E-state index in [0.717, 1.165) is 54.7 Å². The number of amides is 1. The predicted molar refractivity (Wildman–Crippen MR) is 118 cm³/mol. The molecule has 1 fully saturated rings. The van der Waals surface area contributed by atoms with E-state index in [9.17, 15) is 9.59 Å². The Morgan fingerprint density at radius 3 is 2.57 bits per heavy atom. The fourth-order valence-electron chi connectivity index (χ4n) is 2.96. The normalized spacial score (nSPS) is 14.5. The van der Waals surface area contributed by atoms with Gasteiger partial charge in [-0.25, -0.2) is 11.6 Å². The minimum Gasteiger partial charge on any atom is -0.501 e. The molecule has 1 amide bonds. The first-order valence-corrected chi connectivity index (χ1v) is 9.96. The number of allylic oxidation sites excluding steroid dienone is 4. The molecular weight excluding hydrogens is 401 g/mol. The van der Waals surface area contributed by atoms with Gasteiger partial charge in [0.25, 0.3) is 0 Å². The molecule has 0 aromatic heterocycles.